The van der Waals surface area contributed by atoms with E-state index in [1.807, 2.05) is 19.1 Å². The topological polar surface area (TPSA) is 110 Å². The Morgan fingerprint density at radius 1 is 1.17 bits per heavy atom. The quantitative estimate of drug-likeness (QED) is 0.152. The minimum absolute atomic E-state index is 0. The zero-order chi connectivity index (χ0) is 19.9. The van der Waals surface area contributed by atoms with Crippen molar-refractivity contribution in [2.45, 2.75) is 33.1 Å². The fourth-order valence-electron chi connectivity index (χ4n) is 2.35. The summed E-state index contributed by atoms with van der Waals surface area (Å²) in [5.74, 6) is 2.77. The molecular weight excluding hydrogens is 487 g/mol. The Balaban J connectivity index is 0.00000420. The van der Waals surface area contributed by atoms with Crippen molar-refractivity contribution in [3.05, 3.63) is 24.2 Å². The maximum Gasteiger partial charge on any atom is 0.216 e. The van der Waals surface area contributed by atoms with Crippen molar-refractivity contribution in [3.8, 4) is 11.6 Å². The fraction of sp³-hybridized carbons (Fsp3) is 0.632. The first kappa shape index (κ1) is 25.4. The molecule has 0 amide bonds. The van der Waals surface area contributed by atoms with Crippen LogP contribution >= 0.6 is 24.0 Å². The summed E-state index contributed by atoms with van der Waals surface area (Å²) in [5, 5.41) is 13.6. The van der Waals surface area contributed by atoms with Crippen LogP contribution in [0.2, 0.25) is 0 Å². The van der Waals surface area contributed by atoms with Crippen molar-refractivity contribution in [1.82, 2.24) is 25.8 Å². The third-order valence-electron chi connectivity index (χ3n) is 3.79. The average molecular weight is 520 g/mol. The lowest BCUT2D eigenvalue weighted by Gasteiger charge is -2.10. The average Bonchev–Trinajstić information content (AvgIpc) is 3.38. The van der Waals surface area contributed by atoms with Gasteiger partial charge in [0.15, 0.2) is 11.7 Å². The lowest BCUT2D eigenvalue weighted by molar-refractivity contribution is 0.0497. The number of nitrogens with one attached hydrogen (secondary N) is 3. The molecule has 9 nitrogen and oxygen atoms in total. The number of unbranched alkanes of at least 4 members (excludes halogenated alkanes) is 1. The van der Waals surface area contributed by atoms with Crippen molar-refractivity contribution in [2.24, 2.45) is 4.99 Å². The second kappa shape index (κ2) is 16.2. The number of aromatic nitrogens is 3. The van der Waals surface area contributed by atoms with Crippen LogP contribution in [0.5, 0.6) is 0 Å². The third-order valence-corrected chi connectivity index (χ3v) is 3.79. The number of guanidine groups is 1. The highest BCUT2D eigenvalue weighted by atomic mass is 127. The highest BCUT2D eigenvalue weighted by Crippen LogP contribution is 2.14. The van der Waals surface area contributed by atoms with Crippen LogP contribution in [0.25, 0.3) is 11.6 Å². The van der Waals surface area contributed by atoms with Gasteiger partial charge in [0.2, 0.25) is 5.82 Å². The monoisotopic (exact) mass is 520 g/mol. The molecule has 164 valence electrons. The van der Waals surface area contributed by atoms with Gasteiger partial charge in [0.25, 0.3) is 0 Å². The number of nitrogens with zero attached hydrogens (tertiary/aromatic N) is 3. The number of aliphatic imine (C=N–C) groups is 1. The highest BCUT2D eigenvalue weighted by molar-refractivity contribution is 14.0. The molecule has 0 aliphatic heterocycles. The van der Waals surface area contributed by atoms with E-state index in [-0.39, 0.29) is 24.0 Å². The Morgan fingerprint density at radius 2 is 2.00 bits per heavy atom. The minimum Gasteiger partial charge on any atom is -0.461 e. The molecule has 0 aliphatic rings. The van der Waals surface area contributed by atoms with E-state index in [4.69, 9.17) is 13.9 Å². The number of hydrogen-bond acceptors (Lipinski definition) is 6. The number of H-pyrrole nitrogens is 1. The smallest absolute Gasteiger partial charge is 0.216 e. The van der Waals surface area contributed by atoms with Gasteiger partial charge in [-0.2, -0.15) is 5.10 Å². The van der Waals surface area contributed by atoms with Crippen LogP contribution in [0.4, 0.5) is 0 Å². The predicted octanol–water partition coefficient (Wildman–Crippen LogP) is 2.61. The molecule has 0 saturated carbocycles. The van der Waals surface area contributed by atoms with E-state index in [0.29, 0.717) is 50.9 Å². The SMILES string of the molecule is CCCCOCCOCCN=C(NCC)NCCc1nc(-c2ccco2)n[nH]1.I. The van der Waals surface area contributed by atoms with E-state index in [0.717, 1.165) is 37.8 Å². The molecule has 2 aromatic heterocycles. The van der Waals surface area contributed by atoms with Gasteiger partial charge in [-0.15, -0.1) is 24.0 Å². The first-order chi connectivity index (χ1) is 13.8. The maximum atomic E-state index is 5.53. The van der Waals surface area contributed by atoms with E-state index in [2.05, 4.69) is 37.7 Å². The molecule has 2 heterocycles. The summed E-state index contributed by atoms with van der Waals surface area (Å²) in [6.45, 7) is 8.88. The molecular formula is C19H33IN6O3. The van der Waals surface area contributed by atoms with Crippen molar-refractivity contribution >= 4 is 29.9 Å². The van der Waals surface area contributed by atoms with Crippen LogP contribution in [0.3, 0.4) is 0 Å². The number of halogens is 1. The number of ether oxygens (including phenoxy) is 2. The first-order valence-electron chi connectivity index (χ1n) is 9.96. The predicted molar refractivity (Wildman–Crippen MR) is 124 cm³/mol. The fourth-order valence-corrected chi connectivity index (χ4v) is 2.35. The third kappa shape index (κ3) is 10.6. The second-order valence-electron chi connectivity index (χ2n) is 6.10. The summed E-state index contributed by atoms with van der Waals surface area (Å²) in [4.78, 5) is 8.93. The standard InChI is InChI=1S/C19H32N6O3.HI/c1-3-5-11-26-14-15-27-13-10-22-19(20-4-2)21-9-8-17-23-18(25-24-17)16-7-6-12-28-16;/h6-7,12H,3-5,8-11,13-15H2,1-2H3,(H2,20,21,22)(H,23,24,25);1H. The van der Waals surface area contributed by atoms with Gasteiger partial charge < -0.3 is 24.5 Å². The minimum atomic E-state index is 0. The van der Waals surface area contributed by atoms with Crippen LogP contribution < -0.4 is 10.6 Å². The number of furan rings is 1. The van der Waals surface area contributed by atoms with Gasteiger partial charge >= 0.3 is 0 Å². The number of rotatable bonds is 14. The van der Waals surface area contributed by atoms with Gasteiger partial charge in [-0.05, 0) is 25.5 Å². The maximum absolute atomic E-state index is 5.53. The van der Waals surface area contributed by atoms with Crippen molar-refractivity contribution < 1.29 is 13.9 Å². The summed E-state index contributed by atoms with van der Waals surface area (Å²) in [6, 6.07) is 3.65. The van der Waals surface area contributed by atoms with Crippen LogP contribution in [0.15, 0.2) is 27.8 Å². The highest BCUT2D eigenvalue weighted by Gasteiger charge is 2.08. The van der Waals surface area contributed by atoms with E-state index in [1.54, 1.807) is 6.26 Å². The first-order valence-corrected chi connectivity index (χ1v) is 9.96. The molecule has 0 bridgehead atoms. The zero-order valence-corrected chi connectivity index (χ0v) is 19.6. The van der Waals surface area contributed by atoms with Gasteiger partial charge in [0.1, 0.15) is 5.82 Å². The lowest BCUT2D eigenvalue weighted by atomic mass is 10.4. The van der Waals surface area contributed by atoms with Crippen molar-refractivity contribution in [2.75, 3.05) is 46.1 Å². The molecule has 0 fully saturated rings. The molecule has 0 radical (unpaired) electrons. The molecule has 3 N–H and O–H groups in total. The summed E-state index contributed by atoms with van der Waals surface area (Å²) >= 11 is 0. The Kier molecular flexibility index (Phi) is 14.2. The molecule has 0 aliphatic carbocycles. The van der Waals surface area contributed by atoms with Crippen LogP contribution in [0, 0.1) is 0 Å². The van der Waals surface area contributed by atoms with Crippen LogP contribution in [0.1, 0.15) is 32.5 Å². The Labute approximate surface area is 189 Å². The van der Waals surface area contributed by atoms with Crippen LogP contribution in [-0.2, 0) is 15.9 Å². The molecule has 0 unspecified atom stereocenters. The van der Waals surface area contributed by atoms with Gasteiger partial charge in [0.05, 0.1) is 32.6 Å². The van der Waals surface area contributed by atoms with Crippen LogP contribution in [-0.4, -0.2) is 67.2 Å². The molecule has 2 rings (SSSR count). The van der Waals surface area contributed by atoms with Gasteiger partial charge in [-0.1, -0.05) is 13.3 Å². The van der Waals surface area contributed by atoms with Crippen molar-refractivity contribution in [3.63, 3.8) is 0 Å². The summed E-state index contributed by atoms with van der Waals surface area (Å²) in [6.07, 6.45) is 4.55. The largest absolute Gasteiger partial charge is 0.461 e. The Hall–Kier alpha value is -1.66. The summed E-state index contributed by atoms with van der Waals surface area (Å²) in [7, 11) is 0. The van der Waals surface area contributed by atoms with Gasteiger partial charge in [-0.25, -0.2) is 4.98 Å². The molecule has 0 spiro atoms. The molecule has 0 saturated heterocycles. The lowest BCUT2D eigenvalue weighted by Crippen LogP contribution is -2.38. The molecule has 0 aromatic carbocycles. The molecule has 0 atom stereocenters. The Morgan fingerprint density at radius 3 is 2.72 bits per heavy atom. The van der Waals surface area contributed by atoms with E-state index < -0.39 is 0 Å². The Bertz CT molecular complexity index is 663. The molecule has 2 aromatic rings. The van der Waals surface area contributed by atoms with Gasteiger partial charge in [-0.3, -0.25) is 10.1 Å². The summed E-state index contributed by atoms with van der Waals surface area (Å²) in [5.41, 5.74) is 0. The van der Waals surface area contributed by atoms with E-state index >= 15 is 0 Å². The van der Waals surface area contributed by atoms with Gasteiger partial charge in [0, 0.05) is 26.1 Å². The number of aromatic amines is 1. The summed E-state index contributed by atoms with van der Waals surface area (Å²) < 4.78 is 16.3. The molecule has 29 heavy (non-hydrogen) atoms. The molecule has 10 heteroatoms. The normalized spacial score (nSPS) is 11.3. The van der Waals surface area contributed by atoms with E-state index in [1.165, 1.54) is 0 Å². The second-order valence-corrected chi connectivity index (χ2v) is 6.10. The zero-order valence-electron chi connectivity index (χ0n) is 17.3. The van der Waals surface area contributed by atoms with Crippen molar-refractivity contribution in [1.29, 1.82) is 0 Å². The van der Waals surface area contributed by atoms with E-state index in [9.17, 15) is 0 Å². The number of hydrogen-bond donors (Lipinski definition) is 3.